The van der Waals surface area contributed by atoms with Crippen LogP contribution in [0, 0.1) is 17.3 Å². The van der Waals surface area contributed by atoms with Crippen LogP contribution < -0.4 is 10.6 Å². The summed E-state index contributed by atoms with van der Waals surface area (Å²) < 4.78 is 79.7. The summed E-state index contributed by atoms with van der Waals surface area (Å²) in [6.07, 6.45) is -11.3. The number of hydrogen-bond donors (Lipinski definition) is 3. The van der Waals surface area contributed by atoms with Crippen LogP contribution >= 0.6 is 0 Å². The third-order valence-electron chi connectivity index (χ3n) is 7.24. The Morgan fingerprint density at radius 2 is 1.86 bits per heavy atom. The van der Waals surface area contributed by atoms with E-state index >= 15 is 0 Å². The van der Waals surface area contributed by atoms with E-state index in [0.717, 1.165) is 11.8 Å². The van der Waals surface area contributed by atoms with Crippen LogP contribution in [-0.4, -0.2) is 83.9 Å². The summed E-state index contributed by atoms with van der Waals surface area (Å²) in [7, 11) is 0. The van der Waals surface area contributed by atoms with Crippen LogP contribution in [0.3, 0.4) is 0 Å². The number of likely N-dealkylation sites (tertiary alicyclic amines) is 1. The Labute approximate surface area is 208 Å². The summed E-state index contributed by atoms with van der Waals surface area (Å²) in [6, 6.07) is -2.78. The molecule has 1 spiro atoms. The predicted octanol–water partition coefficient (Wildman–Crippen LogP) is 1.43. The van der Waals surface area contributed by atoms with E-state index < -0.39 is 84.5 Å². The van der Waals surface area contributed by atoms with E-state index in [2.05, 4.69) is 15.4 Å². The maximum absolute atomic E-state index is 13.2. The van der Waals surface area contributed by atoms with Crippen molar-refractivity contribution in [1.82, 2.24) is 15.5 Å². The van der Waals surface area contributed by atoms with Gasteiger partial charge in [0.15, 0.2) is 5.78 Å². The van der Waals surface area contributed by atoms with Crippen LogP contribution in [0.5, 0.6) is 0 Å². The molecule has 0 bridgehead atoms. The number of aliphatic hydroxyl groups is 1. The third kappa shape index (κ3) is 7.55. The molecule has 15 heteroatoms. The minimum atomic E-state index is -5.11. The third-order valence-corrected chi connectivity index (χ3v) is 7.24. The molecular formula is C22H29F6N3O6. The van der Waals surface area contributed by atoms with E-state index in [1.807, 2.05) is 0 Å². The number of aliphatic hydroxyl groups excluding tert-OH is 1. The molecule has 3 aliphatic rings. The first-order valence-corrected chi connectivity index (χ1v) is 11.9. The molecule has 3 rings (SSSR count). The van der Waals surface area contributed by atoms with Crippen molar-refractivity contribution in [3.8, 4) is 0 Å². The Morgan fingerprint density at radius 3 is 2.38 bits per heavy atom. The molecule has 210 valence electrons. The highest BCUT2D eigenvalue weighted by Gasteiger charge is 2.56. The molecule has 2 heterocycles. The smallest absolute Gasteiger partial charge is 0.383 e. The first-order valence-electron chi connectivity index (χ1n) is 11.9. The summed E-state index contributed by atoms with van der Waals surface area (Å²) in [5, 5.41) is 15.0. The number of rotatable bonds is 10. The van der Waals surface area contributed by atoms with Crippen LogP contribution in [0.2, 0.25) is 0 Å². The second kappa shape index (κ2) is 10.8. The quantitative estimate of drug-likeness (QED) is 0.357. The first-order chi connectivity index (χ1) is 17.0. The molecule has 9 nitrogen and oxygen atoms in total. The Morgan fingerprint density at radius 1 is 1.22 bits per heavy atom. The van der Waals surface area contributed by atoms with Gasteiger partial charge in [0.25, 0.3) is 5.91 Å². The second-order valence-electron chi connectivity index (χ2n) is 10.2. The van der Waals surface area contributed by atoms with Crippen LogP contribution in [-0.2, 0) is 23.9 Å². The molecular weight excluding hydrogens is 516 g/mol. The largest absolute Gasteiger partial charge is 0.522 e. The number of nitrogens with one attached hydrogen (secondary N) is 2. The lowest BCUT2D eigenvalue weighted by Crippen LogP contribution is -2.54. The molecule has 2 saturated heterocycles. The number of hydrogen-bond acceptors (Lipinski definition) is 6. The minimum Gasteiger partial charge on any atom is -0.383 e. The fourth-order valence-electron chi connectivity index (χ4n) is 4.77. The van der Waals surface area contributed by atoms with Gasteiger partial charge >= 0.3 is 12.5 Å². The van der Waals surface area contributed by atoms with Gasteiger partial charge in [-0.1, -0.05) is 6.92 Å². The summed E-state index contributed by atoms with van der Waals surface area (Å²) in [4.78, 5) is 51.5. The van der Waals surface area contributed by atoms with E-state index in [4.69, 9.17) is 0 Å². The standard InChI is InChI=1S/C22H29F6N3O6/c1-11(21(23,24)25)6-15(32)19(36)31-10-20(3-4-20)8-14(31)18(35)30-13(7-12-2-5-29-17(12)34)16(33)9-37-22(26,27)28/h11-15,32H,2-10H2,1H3,(H,29,34)(H,30,35)/t11-,12-,13-,14-,15+/m0/s1. The van der Waals surface area contributed by atoms with Crippen molar-refractivity contribution in [2.45, 2.75) is 76.2 Å². The number of nitrogens with zero attached hydrogens (tertiary/aromatic N) is 1. The number of ketones is 1. The Balaban J connectivity index is 1.73. The topological polar surface area (TPSA) is 125 Å². The van der Waals surface area contributed by atoms with Crippen molar-refractivity contribution in [3.63, 3.8) is 0 Å². The van der Waals surface area contributed by atoms with Gasteiger partial charge in [-0.3, -0.25) is 23.9 Å². The van der Waals surface area contributed by atoms with Crippen LogP contribution in [0.25, 0.3) is 0 Å². The van der Waals surface area contributed by atoms with Gasteiger partial charge in [-0.05, 0) is 43.9 Å². The van der Waals surface area contributed by atoms with Crippen LogP contribution in [0.1, 0.15) is 45.4 Å². The zero-order chi connectivity index (χ0) is 27.8. The van der Waals surface area contributed by atoms with Crippen molar-refractivity contribution in [2.75, 3.05) is 19.7 Å². The second-order valence-corrected chi connectivity index (χ2v) is 10.2. The van der Waals surface area contributed by atoms with Crippen molar-refractivity contribution in [3.05, 3.63) is 0 Å². The van der Waals surface area contributed by atoms with Crippen molar-refractivity contribution < 1.29 is 55.4 Å². The summed E-state index contributed by atoms with van der Waals surface area (Å²) in [6.45, 7) is -0.291. The van der Waals surface area contributed by atoms with Gasteiger partial charge in [0.1, 0.15) is 18.8 Å². The molecule has 0 radical (unpaired) electrons. The molecule has 2 aliphatic heterocycles. The van der Waals surface area contributed by atoms with Gasteiger partial charge in [0.05, 0.1) is 12.0 Å². The van der Waals surface area contributed by atoms with Gasteiger partial charge in [0.2, 0.25) is 11.8 Å². The van der Waals surface area contributed by atoms with Crippen LogP contribution in [0.4, 0.5) is 26.3 Å². The van der Waals surface area contributed by atoms with Crippen molar-refractivity contribution in [2.24, 2.45) is 17.3 Å². The van der Waals surface area contributed by atoms with Gasteiger partial charge in [-0.25, -0.2) is 0 Å². The Bertz CT molecular complexity index is 906. The molecule has 0 aromatic carbocycles. The minimum absolute atomic E-state index is 0.0161. The molecule has 1 saturated carbocycles. The zero-order valence-electron chi connectivity index (χ0n) is 20.0. The number of alkyl halides is 6. The molecule has 0 aromatic rings. The monoisotopic (exact) mass is 545 g/mol. The number of amides is 3. The van der Waals surface area contributed by atoms with Gasteiger partial charge in [-0.15, -0.1) is 13.2 Å². The molecule has 37 heavy (non-hydrogen) atoms. The Kier molecular flexibility index (Phi) is 8.47. The molecule has 3 amide bonds. The highest BCUT2D eigenvalue weighted by Crippen LogP contribution is 2.55. The molecule has 0 unspecified atom stereocenters. The van der Waals surface area contributed by atoms with E-state index in [0.29, 0.717) is 25.8 Å². The fourth-order valence-corrected chi connectivity index (χ4v) is 4.77. The maximum atomic E-state index is 13.2. The number of ether oxygens (including phenoxy) is 1. The molecule has 5 atom stereocenters. The van der Waals surface area contributed by atoms with Crippen molar-refractivity contribution >= 4 is 23.5 Å². The highest BCUT2D eigenvalue weighted by atomic mass is 19.4. The summed E-state index contributed by atoms with van der Waals surface area (Å²) >= 11 is 0. The number of halogens is 6. The summed E-state index contributed by atoms with van der Waals surface area (Å²) in [5.74, 6) is -6.27. The number of Topliss-reactive ketones (excluding diaryl/α,β-unsaturated/α-hetero) is 1. The van der Waals surface area contributed by atoms with E-state index in [1.54, 1.807) is 0 Å². The molecule has 0 aromatic heterocycles. The molecule has 3 N–H and O–H groups in total. The average Bonchev–Trinajstić information content (AvgIpc) is 3.24. The van der Waals surface area contributed by atoms with E-state index in [9.17, 15) is 50.6 Å². The van der Waals surface area contributed by atoms with E-state index in [1.165, 1.54) is 0 Å². The summed E-state index contributed by atoms with van der Waals surface area (Å²) in [5.41, 5.74) is -0.447. The first kappa shape index (κ1) is 29.1. The fraction of sp³-hybridized carbons (Fsp3) is 0.818. The lowest BCUT2D eigenvalue weighted by molar-refractivity contribution is -0.321. The normalized spacial score (nSPS) is 25.5. The number of carbonyl (C=O) groups is 4. The highest BCUT2D eigenvalue weighted by molar-refractivity contribution is 5.95. The zero-order valence-corrected chi connectivity index (χ0v) is 20.0. The van der Waals surface area contributed by atoms with Crippen LogP contribution in [0.15, 0.2) is 0 Å². The van der Waals surface area contributed by atoms with Gasteiger partial charge < -0.3 is 20.6 Å². The van der Waals surface area contributed by atoms with Gasteiger partial charge in [0, 0.05) is 19.0 Å². The number of carbonyl (C=O) groups excluding carboxylic acids is 4. The van der Waals surface area contributed by atoms with Crippen molar-refractivity contribution in [1.29, 1.82) is 0 Å². The molecule has 3 fully saturated rings. The lowest BCUT2D eigenvalue weighted by atomic mass is 9.95. The maximum Gasteiger partial charge on any atom is 0.522 e. The predicted molar refractivity (Wildman–Crippen MR) is 112 cm³/mol. The van der Waals surface area contributed by atoms with E-state index in [-0.39, 0.29) is 19.4 Å². The lowest BCUT2D eigenvalue weighted by Gasteiger charge is -2.29. The SMILES string of the molecule is C[C@@H](C[C@@H](O)C(=O)N1CC2(CC2)C[C@H]1C(=O)N[C@@H](C[C@@H]1CCNC1=O)C(=O)COC(F)(F)F)C(F)(F)F. The Hall–Kier alpha value is -2.42. The molecule has 1 aliphatic carbocycles. The average molecular weight is 545 g/mol. The van der Waals surface area contributed by atoms with Gasteiger partial charge in [-0.2, -0.15) is 13.2 Å².